The summed E-state index contributed by atoms with van der Waals surface area (Å²) in [5, 5.41) is 0.0366. The number of benzene rings is 2. The molecule has 0 amide bonds. The number of hydrogen-bond acceptors (Lipinski definition) is 4. The maximum atomic E-state index is 13.4. The Morgan fingerprint density at radius 3 is 1.71 bits per heavy atom. The van der Waals surface area contributed by atoms with Gasteiger partial charge >= 0.3 is 0 Å². The smallest absolute Gasteiger partial charge is 0.135 e. The lowest BCUT2D eigenvalue weighted by Gasteiger charge is -2.31. The zero-order valence-corrected chi connectivity index (χ0v) is 18.1. The number of ether oxygens (including phenoxy) is 2. The molecule has 0 saturated carbocycles. The minimum absolute atomic E-state index is 0.0366. The van der Waals surface area contributed by atoms with Crippen molar-refractivity contribution in [1.29, 1.82) is 0 Å². The molecule has 0 fully saturated rings. The van der Waals surface area contributed by atoms with E-state index in [1.54, 1.807) is 14.2 Å². The molecule has 3 atom stereocenters. The molecule has 0 N–H and O–H groups in total. The standard InChI is InChI=1S/C23H31NO3S/c1-6-7-18(2)19(3)28(25)24(16-20-8-12-22(26-4)13-9-20)17-21-10-14-23(27-5)15-11-21/h6,8-15,18-19H,1,7,16-17H2,2-5H3/t18-,19-,28?/m1/s1. The number of methoxy groups -OCH3 is 2. The van der Waals surface area contributed by atoms with Crippen LogP contribution in [0, 0.1) is 5.92 Å². The summed E-state index contributed by atoms with van der Waals surface area (Å²) in [5.74, 6) is 1.94. The molecule has 1 unspecified atom stereocenters. The third kappa shape index (κ3) is 6.30. The van der Waals surface area contributed by atoms with Crippen molar-refractivity contribution in [3.05, 3.63) is 72.3 Å². The van der Waals surface area contributed by atoms with E-state index in [0.717, 1.165) is 29.0 Å². The summed E-state index contributed by atoms with van der Waals surface area (Å²) >= 11 is -1.13. The average Bonchev–Trinajstić information content (AvgIpc) is 2.73. The van der Waals surface area contributed by atoms with Gasteiger partial charge in [-0.1, -0.05) is 37.3 Å². The number of allylic oxidation sites excluding steroid dienone is 1. The van der Waals surface area contributed by atoms with Crippen LogP contribution in [-0.4, -0.2) is 28.3 Å². The van der Waals surface area contributed by atoms with Crippen LogP contribution in [0.4, 0.5) is 0 Å². The summed E-state index contributed by atoms with van der Waals surface area (Å²) in [4.78, 5) is 0. The van der Waals surface area contributed by atoms with Crippen molar-refractivity contribution in [3.8, 4) is 11.5 Å². The van der Waals surface area contributed by atoms with Crippen LogP contribution in [0.25, 0.3) is 0 Å². The van der Waals surface area contributed by atoms with E-state index in [1.165, 1.54) is 0 Å². The molecular weight excluding hydrogens is 370 g/mol. The molecule has 0 saturated heterocycles. The van der Waals surface area contributed by atoms with E-state index in [-0.39, 0.29) is 5.25 Å². The van der Waals surface area contributed by atoms with Gasteiger partial charge in [-0.15, -0.1) is 10.9 Å². The zero-order valence-electron chi connectivity index (χ0n) is 17.3. The molecule has 0 aliphatic carbocycles. The molecule has 2 rings (SSSR count). The molecule has 4 nitrogen and oxygen atoms in total. The SMILES string of the molecule is C=CC[C@@H](C)[C@@H](C)[S+]([O-])N(Cc1ccc(OC)cc1)Cc1ccc(OC)cc1. The van der Waals surface area contributed by atoms with Crippen LogP contribution in [0.15, 0.2) is 61.2 Å². The fourth-order valence-electron chi connectivity index (χ4n) is 2.94. The second-order valence-electron chi connectivity index (χ2n) is 6.98. The molecule has 0 heterocycles. The van der Waals surface area contributed by atoms with Crippen LogP contribution in [0.5, 0.6) is 11.5 Å². The van der Waals surface area contributed by atoms with E-state index in [9.17, 15) is 4.55 Å². The van der Waals surface area contributed by atoms with Crippen molar-refractivity contribution in [2.75, 3.05) is 14.2 Å². The molecule has 5 heteroatoms. The van der Waals surface area contributed by atoms with Gasteiger partial charge in [-0.3, -0.25) is 0 Å². The first-order valence-electron chi connectivity index (χ1n) is 9.50. The molecular formula is C23H31NO3S. The highest BCUT2D eigenvalue weighted by Crippen LogP contribution is 2.25. The summed E-state index contributed by atoms with van der Waals surface area (Å²) in [6.45, 7) is 9.21. The van der Waals surface area contributed by atoms with Crippen LogP contribution in [-0.2, 0) is 24.5 Å². The Labute approximate surface area is 172 Å². The lowest BCUT2D eigenvalue weighted by atomic mass is 10.1. The highest BCUT2D eigenvalue weighted by atomic mass is 32.2. The van der Waals surface area contributed by atoms with E-state index in [1.807, 2.05) is 58.9 Å². The van der Waals surface area contributed by atoms with E-state index < -0.39 is 11.4 Å². The van der Waals surface area contributed by atoms with E-state index in [4.69, 9.17) is 9.47 Å². The summed E-state index contributed by atoms with van der Waals surface area (Å²) in [6.07, 6.45) is 2.75. The van der Waals surface area contributed by atoms with Crippen molar-refractivity contribution in [2.45, 2.75) is 38.6 Å². The fourth-order valence-corrected chi connectivity index (χ4v) is 4.47. The molecule has 152 valence electrons. The van der Waals surface area contributed by atoms with Crippen LogP contribution >= 0.6 is 0 Å². The second-order valence-corrected chi connectivity index (χ2v) is 8.79. The van der Waals surface area contributed by atoms with Crippen molar-refractivity contribution in [2.24, 2.45) is 5.92 Å². The maximum absolute atomic E-state index is 13.4. The fraction of sp³-hybridized carbons (Fsp3) is 0.391. The second kappa shape index (κ2) is 11.1. The summed E-state index contributed by atoms with van der Waals surface area (Å²) in [6, 6.07) is 15.8. The number of hydrogen-bond donors (Lipinski definition) is 0. The van der Waals surface area contributed by atoms with Gasteiger partial charge in [0.05, 0.1) is 27.3 Å². The molecule has 2 aromatic carbocycles. The molecule has 28 heavy (non-hydrogen) atoms. The third-order valence-electron chi connectivity index (χ3n) is 4.95. The lowest BCUT2D eigenvalue weighted by molar-refractivity contribution is 0.381. The molecule has 0 aliphatic rings. The van der Waals surface area contributed by atoms with Gasteiger partial charge in [-0.05, 0) is 48.7 Å². The average molecular weight is 402 g/mol. The molecule has 0 radical (unpaired) electrons. The Hall–Kier alpha value is -1.95. The Morgan fingerprint density at radius 1 is 0.929 bits per heavy atom. The zero-order chi connectivity index (χ0) is 20.5. The monoisotopic (exact) mass is 401 g/mol. The Bertz CT molecular complexity index is 668. The minimum Gasteiger partial charge on any atom is -0.598 e. The molecule has 2 aromatic rings. The first kappa shape index (κ1) is 22.3. The number of rotatable bonds is 11. The van der Waals surface area contributed by atoms with Crippen LogP contribution < -0.4 is 9.47 Å². The Balaban J connectivity index is 2.20. The lowest BCUT2D eigenvalue weighted by Crippen LogP contribution is -2.39. The van der Waals surface area contributed by atoms with Crippen molar-refractivity contribution in [1.82, 2.24) is 4.31 Å². The minimum atomic E-state index is -1.13. The topological polar surface area (TPSA) is 44.8 Å². The van der Waals surface area contributed by atoms with Gasteiger partial charge in [-0.25, -0.2) is 0 Å². The highest BCUT2D eigenvalue weighted by Gasteiger charge is 2.30. The van der Waals surface area contributed by atoms with Crippen molar-refractivity contribution < 1.29 is 14.0 Å². The van der Waals surface area contributed by atoms with Gasteiger partial charge in [0.15, 0.2) is 0 Å². The molecule has 0 spiro atoms. The van der Waals surface area contributed by atoms with Gasteiger partial charge in [-0.2, -0.15) is 0 Å². The summed E-state index contributed by atoms with van der Waals surface area (Å²) in [5.41, 5.74) is 2.21. The predicted molar refractivity (Wildman–Crippen MR) is 117 cm³/mol. The maximum Gasteiger partial charge on any atom is 0.135 e. The van der Waals surface area contributed by atoms with Crippen molar-refractivity contribution in [3.63, 3.8) is 0 Å². The normalized spacial score (nSPS) is 14.4. The van der Waals surface area contributed by atoms with Gasteiger partial charge < -0.3 is 14.0 Å². The van der Waals surface area contributed by atoms with E-state index in [0.29, 0.717) is 19.0 Å². The van der Waals surface area contributed by atoms with Crippen molar-refractivity contribution >= 4 is 11.4 Å². The Morgan fingerprint density at radius 2 is 1.36 bits per heavy atom. The quantitative estimate of drug-likeness (QED) is 0.394. The molecule has 0 aromatic heterocycles. The van der Waals surface area contributed by atoms with Gasteiger partial charge in [0.1, 0.15) is 16.7 Å². The Kier molecular flexibility index (Phi) is 8.90. The first-order valence-corrected chi connectivity index (χ1v) is 10.7. The van der Waals surface area contributed by atoms with E-state index >= 15 is 0 Å². The largest absolute Gasteiger partial charge is 0.598 e. The number of nitrogens with zero attached hydrogens (tertiary/aromatic N) is 1. The first-order chi connectivity index (χ1) is 13.5. The van der Waals surface area contributed by atoms with Gasteiger partial charge in [0.25, 0.3) is 0 Å². The third-order valence-corrected chi connectivity index (χ3v) is 6.82. The van der Waals surface area contributed by atoms with E-state index in [2.05, 4.69) is 20.4 Å². The molecule has 0 bridgehead atoms. The van der Waals surface area contributed by atoms with Crippen LogP contribution in [0.2, 0.25) is 0 Å². The summed E-state index contributed by atoms with van der Waals surface area (Å²) in [7, 11) is 3.31. The van der Waals surface area contributed by atoms with Gasteiger partial charge in [0, 0.05) is 17.3 Å². The van der Waals surface area contributed by atoms with Crippen LogP contribution in [0.1, 0.15) is 31.4 Å². The predicted octanol–water partition coefficient (Wildman–Crippen LogP) is 4.97. The molecule has 0 aliphatic heterocycles. The summed E-state index contributed by atoms with van der Waals surface area (Å²) < 4.78 is 25.9. The van der Waals surface area contributed by atoms with Gasteiger partial charge in [0.2, 0.25) is 0 Å². The van der Waals surface area contributed by atoms with Crippen LogP contribution in [0.3, 0.4) is 0 Å². The highest BCUT2D eigenvalue weighted by molar-refractivity contribution is 7.89.